The fourth-order valence-electron chi connectivity index (χ4n) is 6.63. The van der Waals surface area contributed by atoms with E-state index < -0.39 is 19.6 Å². The van der Waals surface area contributed by atoms with Gasteiger partial charge >= 0.3 is 106 Å². The Labute approximate surface area is 333 Å². The van der Waals surface area contributed by atoms with Gasteiger partial charge < -0.3 is 9.40 Å². The van der Waals surface area contributed by atoms with Gasteiger partial charge in [-0.3, -0.25) is 0 Å². The number of aromatic nitrogens is 2. The Kier molecular flexibility index (Phi) is 11.1. The molecule has 0 N–H and O–H groups in total. The summed E-state index contributed by atoms with van der Waals surface area (Å²) in [5.74, 6) is 7.04. The van der Waals surface area contributed by atoms with Gasteiger partial charge in [0.05, 0.1) is 5.58 Å². The van der Waals surface area contributed by atoms with Gasteiger partial charge in [0, 0.05) is 34.4 Å². The minimum Gasteiger partial charge on any atom is -0.501 e. The van der Waals surface area contributed by atoms with Gasteiger partial charge in [0.15, 0.2) is 0 Å². The first-order valence-electron chi connectivity index (χ1n) is 18.8. The van der Waals surface area contributed by atoms with Gasteiger partial charge in [-0.15, -0.1) is 18.2 Å². The third kappa shape index (κ3) is 8.79. The van der Waals surface area contributed by atoms with Gasteiger partial charge in [0.2, 0.25) is 0 Å². The van der Waals surface area contributed by atoms with E-state index in [2.05, 4.69) is 131 Å². The van der Waals surface area contributed by atoms with Crippen molar-refractivity contribution < 1.29 is 27.3 Å². The van der Waals surface area contributed by atoms with Crippen molar-refractivity contribution in [1.29, 1.82) is 0 Å². The van der Waals surface area contributed by atoms with E-state index in [4.69, 9.17) is 7.16 Å². The summed E-state index contributed by atoms with van der Waals surface area (Å²) in [5.41, 5.74) is 11.6. The largest absolute Gasteiger partial charge is 0.501 e. The minimum atomic E-state index is -1.77. The summed E-state index contributed by atoms with van der Waals surface area (Å²) in [6.45, 7) is 5.97. The Bertz CT molecular complexity index is 2550. The maximum atomic E-state index is 8.50. The van der Waals surface area contributed by atoms with Crippen LogP contribution in [0.15, 0.2) is 144 Å². The van der Waals surface area contributed by atoms with Gasteiger partial charge in [-0.05, 0) is 52.4 Å². The summed E-state index contributed by atoms with van der Waals surface area (Å²) >= 11 is -1.77. The number of nitrogens with zero attached hydrogens (tertiary/aromatic N) is 2. The van der Waals surface area contributed by atoms with Crippen LogP contribution in [-0.2, 0) is 26.5 Å². The number of fused-ring (bicyclic) bond motifs is 3. The van der Waals surface area contributed by atoms with E-state index in [0.717, 1.165) is 44.3 Å². The molecule has 0 atom stereocenters. The standard InChI is InChI=1S/C33H26NO.C15H18GeN.Ir/c1-22(2)19-23-17-18-34-31(20-23)30-10-6-9-29-28-16-15-27(21-32(28)35-33(29)30)26-13-11-25(12-14-26)24-7-4-3-5-8-24;1-12-10-15(13-8-6-5-7-9-13)17-11-14(12)16(2,3)4;/h3-9,11-18,20-22H,19H2,1-2H3;5-8,10-11H,1-4H3;/q2*-1;/i19D2;;. The number of aryl methyl sites for hydroxylation is 1. The summed E-state index contributed by atoms with van der Waals surface area (Å²) < 4.78 is 24.9. The molecule has 3 aromatic heterocycles. The van der Waals surface area contributed by atoms with Crippen molar-refractivity contribution in [3.63, 3.8) is 0 Å². The van der Waals surface area contributed by atoms with Gasteiger partial charge in [-0.25, -0.2) is 0 Å². The third-order valence-corrected chi connectivity index (χ3v) is 13.6. The summed E-state index contributed by atoms with van der Waals surface area (Å²) in [7, 11) is 0. The van der Waals surface area contributed by atoms with E-state index >= 15 is 0 Å². The van der Waals surface area contributed by atoms with Crippen molar-refractivity contribution in [2.45, 2.75) is 44.4 Å². The number of rotatable bonds is 7. The predicted molar refractivity (Wildman–Crippen MR) is 221 cm³/mol. The zero-order valence-electron chi connectivity index (χ0n) is 33.0. The Balaban J connectivity index is 0.000000241. The van der Waals surface area contributed by atoms with Crippen molar-refractivity contribution in [2.75, 3.05) is 0 Å². The van der Waals surface area contributed by atoms with Gasteiger partial charge in [0.25, 0.3) is 0 Å². The first-order chi connectivity index (χ1) is 25.9. The van der Waals surface area contributed by atoms with Gasteiger partial charge in [-0.1, -0.05) is 103 Å². The number of hydrogen-bond acceptors (Lipinski definition) is 3. The monoisotopic (exact) mass is 933 g/mol. The Morgan fingerprint density at radius 3 is 2.08 bits per heavy atom. The molecule has 0 aliphatic heterocycles. The Morgan fingerprint density at radius 1 is 0.698 bits per heavy atom. The van der Waals surface area contributed by atoms with Crippen LogP contribution in [-0.4, -0.2) is 23.2 Å². The molecule has 3 nitrogen and oxygen atoms in total. The van der Waals surface area contributed by atoms with Crippen LogP contribution in [0.25, 0.3) is 66.7 Å². The first-order valence-corrected chi connectivity index (χ1v) is 25.2. The van der Waals surface area contributed by atoms with Crippen LogP contribution in [0.5, 0.6) is 0 Å². The molecule has 267 valence electrons. The Morgan fingerprint density at radius 2 is 1.40 bits per heavy atom. The molecule has 0 aliphatic rings. The van der Waals surface area contributed by atoms with Crippen molar-refractivity contribution in [3.05, 3.63) is 163 Å². The van der Waals surface area contributed by atoms with Crippen LogP contribution in [0, 0.1) is 25.0 Å². The average molecular weight is 932 g/mol. The topological polar surface area (TPSA) is 38.9 Å². The molecule has 53 heavy (non-hydrogen) atoms. The number of hydrogen-bond donors (Lipinski definition) is 0. The number of pyridine rings is 2. The van der Waals surface area contributed by atoms with Crippen LogP contribution in [0.4, 0.5) is 0 Å². The van der Waals surface area contributed by atoms with Crippen molar-refractivity contribution >= 4 is 39.6 Å². The summed E-state index contributed by atoms with van der Waals surface area (Å²) in [6, 6.07) is 49.4. The predicted octanol–water partition coefficient (Wildman–Crippen LogP) is 12.4. The molecule has 8 aromatic rings. The zero-order valence-corrected chi connectivity index (χ0v) is 35.5. The quantitative estimate of drug-likeness (QED) is 0.118. The second-order valence-corrected chi connectivity index (χ2v) is 25.1. The molecule has 0 bridgehead atoms. The van der Waals surface area contributed by atoms with Gasteiger partial charge in [0.1, 0.15) is 5.58 Å². The molecule has 0 saturated carbocycles. The zero-order chi connectivity index (χ0) is 38.0. The van der Waals surface area contributed by atoms with Crippen LogP contribution < -0.4 is 4.40 Å². The maximum absolute atomic E-state index is 8.50. The molecular formula is C48H44GeIrN2O-2. The Hall–Kier alpha value is -4.61. The SMILES string of the molecule is Cc1cc(-c2[c-]cccc2)nc[c]1[Ge]([CH3])([CH3])[CH3].[2H]C([2H])(c1ccnc(-c2[c-]ccc3c2oc2cc(-c4ccc(-c5ccccc5)cc4)ccc23)c1)C(C)C.[Ir]. The van der Waals surface area contributed by atoms with E-state index in [1.54, 1.807) is 12.3 Å². The van der Waals surface area contributed by atoms with Crippen LogP contribution in [0.2, 0.25) is 17.3 Å². The van der Waals surface area contributed by atoms with Crippen LogP contribution >= 0.6 is 0 Å². The molecule has 0 fully saturated rings. The maximum Gasteiger partial charge on any atom is 0.121 e. The molecule has 5 aromatic carbocycles. The second kappa shape index (κ2) is 16.6. The fourth-order valence-corrected chi connectivity index (χ4v) is 10.2. The number of benzene rings is 5. The summed E-state index contributed by atoms with van der Waals surface area (Å²) in [4.78, 5) is 9.14. The molecule has 1 radical (unpaired) electrons. The smallest absolute Gasteiger partial charge is 0.121 e. The van der Waals surface area contributed by atoms with E-state index in [9.17, 15) is 0 Å². The second-order valence-electron chi connectivity index (χ2n) is 14.5. The molecule has 5 heteroatoms. The molecule has 0 amide bonds. The van der Waals surface area contributed by atoms with E-state index in [1.165, 1.54) is 21.1 Å². The molecule has 0 saturated heterocycles. The summed E-state index contributed by atoms with van der Waals surface area (Å²) in [6.07, 6.45) is 2.29. The number of furan rings is 1. The van der Waals surface area contributed by atoms with Crippen molar-refractivity contribution in [1.82, 2.24) is 9.97 Å². The van der Waals surface area contributed by atoms with Crippen molar-refractivity contribution in [2.24, 2.45) is 5.92 Å². The molecule has 0 aliphatic carbocycles. The molecular weight excluding hydrogens is 885 g/mol. The molecule has 3 heterocycles. The third-order valence-electron chi connectivity index (χ3n) is 9.13. The molecule has 0 spiro atoms. The molecule has 0 unspecified atom stereocenters. The van der Waals surface area contributed by atoms with E-state index in [0.29, 0.717) is 16.8 Å². The van der Waals surface area contributed by atoms with Crippen LogP contribution in [0.1, 0.15) is 27.7 Å². The van der Waals surface area contributed by atoms with E-state index in [-0.39, 0.29) is 26.0 Å². The first kappa shape index (κ1) is 35.4. The van der Waals surface area contributed by atoms with Gasteiger partial charge in [-0.2, -0.15) is 0 Å². The minimum absolute atomic E-state index is 0. The van der Waals surface area contributed by atoms with E-state index in [1.807, 2.05) is 56.3 Å². The summed E-state index contributed by atoms with van der Waals surface area (Å²) in [5, 5.41) is 2.03. The molecule has 8 rings (SSSR count). The average Bonchev–Trinajstić information content (AvgIpc) is 3.56. The normalized spacial score (nSPS) is 12.1. The van der Waals surface area contributed by atoms with Crippen LogP contribution in [0.3, 0.4) is 0 Å². The van der Waals surface area contributed by atoms with Crippen molar-refractivity contribution in [3.8, 4) is 44.8 Å². The fraction of sp³-hybridized carbons (Fsp3) is 0.167.